The Hall–Kier alpha value is -2.45. The number of halogens is 7. The topological polar surface area (TPSA) is 92.2 Å². The minimum absolute atomic E-state index is 0.388. The normalized spacial score (nSPS) is 15.6. The number of benzene rings is 1. The molecular weight excluding hydrogens is 478 g/mol. The predicted octanol–water partition coefficient (Wildman–Crippen LogP) is 3.69. The lowest BCUT2D eigenvalue weighted by atomic mass is 10.2. The van der Waals surface area contributed by atoms with Crippen LogP contribution < -0.4 is 14.8 Å². The van der Waals surface area contributed by atoms with Crippen molar-refractivity contribution >= 4 is 39.1 Å². The Morgan fingerprint density at radius 3 is 2.19 bits per heavy atom. The molecule has 0 saturated heterocycles. The second-order valence-electron chi connectivity index (χ2n) is 6.81. The van der Waals surface area contributed by atoms with E-state index in [1.54, 1.807) is 0 Å². The molecular formula is C16H13ClF6N4O3S. The van der Waals surface area contributed by atoms with Crippen molar-refractivity contribution in [2.75, 3.05) is 10.0 Å². The van der Waals surface area contributed by atoms with Gasteiger partial charge in [-0.25, -0.2) is 13.2 Å². The zero-order chi connectivity index (χ0) is 23.4. The quantitative estimate of drug-likeness (QED) is 0.426. The average Bonchev–Trinajstić information content (AvgIpc) is 3.33. The molecule has 1 heterocycles. The first kappa shape index (κ1) is 23.2. The fraction of sp³-hybridized carbons (Fsp3) is 0.312. The molecule has 0 bridgehead atoms. The number of carbonyl (C=O) groups is 1. The second kappa shape index (κ2) is 7.60. The lowest BCUT2D eigenvalue weighted by molar-refractivity contribution is -0.160. The van der Waals surface area contributed by atoms with E-state index in [9.17, 15) is 39.6 Å². The number of aromatic nitrogens is 1. The second-order valence-corrected chi connectivity index (χ2v) is 8.60. The molecule has 1 aromatic heterocycles. The summed E-state index contributed by atoms with van der Waals surface area (Å²) in [4.78, 5) is 12.4. The van der Waals surface area contributed by atoms with E-state index in [4.69, 9.17) is 11.6 Å². The third-order valence-electron chi connectivity index (χ3n) is 4.44. The number of alkyl halides is 3. The number of nitrogens with zero attached hydrogens (tertiary/aromatic N) is 1. The van der Waals surface area contributed by atoms with Crippen molar-refractivity contribution in [2.24, 2.45) is 7.05 Å². The van der Waals surface area contributed by atoms with Crippen LogP contribution in [0.3, 0.4) is 0 Å². The minimum atomic E-state index is -4.80. The third-order valence-corrected chi connectivity index (χ3v) is 5.97. The number of hydrogen-bond donors (Lipinski definition) is 3. The Morgan fingerprint density at radius 2 is 1.71 bits per heavy atom. The molecule has 0 atom stereocenters. The molecule has 1 amide bonds. The van der Waals surface area contributed by atoms with Crippen LogP contribution >= 0.6 is 11.6 Å². The van der Waals surface area contributed by atoms with E-state index >= 15 is 0 Å². The van der Waals surface area contributed by atoms with Crippen LogP contribution in [0.2, 0.25) is 5.02 Å². The van der Waals surface area contributed by atoms with E-state index < -0.39 is 74.5 Å². The summed E-state index contributed by atoms with van der Waals surface area (Å²) < 4.78 is 107. The van der Waals surface area contributed by atoms with Crippen molar-refractivity contribution in [3.05, 3.63) is 46.5 Å². The maximum absolute atomic E-state index is 13.3. The number of nitrogens with one attached hydrogen (secondary N) is 3. The Morgan fingerprint density at radius 1 is 1.16 bits per heavy atom. The summed E-state index contributed by atoms with van der Waals surface area (Å²) in [5.41, 5.74) is -3.84. The monoisotopic (exact) mass is 490 g/mol. The molecule has 3 N–H and O–H groups in total. The van der Waals surface area contributed by atoms with Crippen LogP contribution in [-0.4, -0.2) is 30.6 Å². The van der Waals surface area contributed by atoms with Gasteiger partial charge in [-0.2, -0.15) is 26.3 Å². The van der Waals surface area contributed by atoms with Crippen LogP contribution in [0, 0.1) is 17.5 Å². The fourth-order valence-electron chi connectivity index (χ4n) is 2.74. The van der Waals surface area contributed by atoms with Crippen molar-refractivity contribution in [3.8, 4) is 0 Å². The summed E-state index contributed by atoms with van der Waals surface area (Å²) >= 11 is 5.99. The van der Waals surface area contributed by atoms with Gasteiger partial charge in [0.25, 0.3) is 16.1 Å². The van der Waals surface area contributed by atoms with Gasteiger partial charge in [0.05, 0.1) is 10.7 Å². The molecule has 2 aromatic rings. The molecule has 31 heavy (non-hydrogen) atoms. The van der Waals surface area contributed by atoms with Crippen molar-refractivity contribution in [2.45, 2.75) is 24.6 Å². The number of anilines is 2. The number of amides is 1. The maximum atomic E-state index is 13.3. The van der Waals surface area contributed by atoms with Gasteiger partial charge in [0, 0.05) is 31.1 Å². The molecule has 0 aliphatic heterocycles. The molecule has 1 aliphatic carbocycles. The summed E-state index contributed by atoms with van der Waals surface area (Å²) in [6.45, 7) is 0. The first-order valence-corrected chi connectivity index (χ1v) is 10.2. The molecule has 3 rings (SSSR count). The van der Waals surface area contributed by atoms with Gasteiger partial charge in [0.1, 0.15) is 11.2 Å². The Labute approximate surface area is 176 Å². The summed E-state index contributed by atoms with van der Waals surface area (Å²) in [6.07, 6.45) is -4.65. The maximum Gasteiger partial charge on any atom is 0.407 e. The predicted molar refractivity (Wildman–Crippen MR) is 98.4 cm³/mol. The van der Waals surface area contributed by atoms with Gasteiger partial charge >= 0.3 is 6.18 Å². The highest BCUT2D eigenvalue weighted by Crippen LogP contribution is 2.49. The number of carbonyl (C=O) groups excluding carboxylic acids is 1. The Kier molecular flexibility index (Phi) is 5.69. The lowest BCUT2D eigenvalue weighted by Crippen LogP contribution is -2.49. The van der Waals surface area contributed by atoms with Gasteiger partial charge in [0.15, 0.2) is 17.5 Å². The van der Waals surface area contributed by atoms with Crippen LogP contribution in [0.1, 0.15) is 23.3 Å². The molecule has 170 valence electrons. The van der Waals surface area contributed by atoms with Gasteiger partial charge in [0.2, 0.25) is 0 Å². The van der Waals surface area contributed by atoms with Crippen LogP contribution in [0.5, 0.6) is 0 Å². The lowest BCUT2D eigenvalue weighted by Gasteiger charge is -2.20. The number of hydrogen-bond acceptors (Lipinski definition) is 3. The van der Waals surface area contributed by atoms with Gasteiger partial charge in [-0.15, -0.1) is 0 Å². The first-order chi connectivity index (χ1) is 14.2. The van der Waals surface area contributed by atoms with E-state index in [1.807, 2.05) is 4.72 Å². The van der Waals surface area contributed by atoms with Crippen molar-refractivity contribution in [3.63, 3.8) is 0 Å². The Balaban J connectivity index is 1.81. The van der Waals surface area contributed by atoms with E-state index in [0.29, 0.717) is 12.1 Å². The SMILES string of the molecule is Cn1cc(NS(=O)(=O)NC2(C(F)(F)F)CC2)c(Cl)c1C(=O)Nc1cc(F)c(F)c(F)c1. The van der Waals surface area contributed by atoms with Gasteiger partial charge in [-0.1, -0.05) is 11.6 Å². The van der Waals surface area contributed by atoms with Crippen molar-refractivity contribution in [1.82, 2.24) is 9.29 Å². The van der Waals surface area contributed by atoms with Gasteiger partial charge in [-0.3, -0.25) is 9.52 Å². The van der Waals surface area contributed by atoms with E-state index in [2.05, 4.69) is 5.32 Å². The van der Waals surface area contributed by atoms with E-state index in [1.165, 1.54) is 11.8 Å². The van der Waals surface area contributed by atoms with Crippen LogP contribution in [-0.2, 0) is 17.3 Å². The standard InChI is InChI=1S/C16H13ClF6N4O3S/c1-27-6-10(25-31(29,30)26-15(2-3-15)16(21,22)23)11(17)13(27)14(28)24-7-4-8(18)12(20)9(19)5-7/h4-6,25-26H,2-3H2,1H3,(H,24,28). The third kappa shape index (κ3) is 4.60. The van der Waals surface area contributed by atoms with Gasteiger partial charge < -0.3 is 9.88 Å². The van der Waals surface area contributed by atoms with Crippen molar-refractivity contribution in [1.29, 1.82) is 0 Å². The highest BCUT2D eigenvalue weighted by Gasteiger charge is 2.65. The molecule has 1 aromatic carbocycles. The van der Waals surface area contributed by atoms with Crippen LogP contribution in [0.4, 0.5) is 37.7 Å². The van der Waals surface area contributed by atoms with Crippen LogP contribution in [0.25, 0.3) is 0 Å². The highest BCUT2D eigenvalue weighted by molar-refractivity contribution is 7.90. The number of rotatable bonds is 6. The molecule has 1 fully saturated rings. The van der Waals surface area contributed by atoms with Gasteiger partial charge in [-0.05, 0) is 12.8 Å². The highest BCUT2D eigenvalue weighted by atomic mass is 35.5. The summed E-state index contributed by atoms with van der Waals surface area (Å²) in [5, 5.41) is 1.57. The molecule has 0 unspecified atom stereocenters. The zero-order valence-corrected chi connectivity index (χ0v) is 16.9. The largest absolute Gasteiger partial charge is 0.407 e. The molecule has 1 saturated carbocycles. The van der Waals surface area contributed by atoms with Crippen molar-refractivity contribution < 1.29 is 39.6 Å². The fourth-order valence-corrected chi connectivity index (χ4v) is 4.44. The summed E-state index contributed by atoms with van der Waals surface area (Å²) in [7, 11) is -3.47. The summed E-state index contributed by atoms with van der Waals surface area (Å²) in [5.74, 6) is -5.92. The molecule has 15 heteroatoms. The number of aryl methyl sites for hydroxylation is 1. The summed E-state index contributed by atoms with van der Waals surface area (Å²) in [6, 6.07) is 1.01. The first-order valence-electron chi connectivity index (χ1n) is 8.35. The van der Waals surface area contributed by atoms with Crippen LogP contribution in [0.15, 0.2) is 18.3 Å². The minimum Gasteiger partial charge on any atom is -0.343 e. The molecule has 0 radical (unpaired) electrons. The van der Waals surface area contributed by atoms with E-state index in [-0.39, 0.29) is 5.69 Å². The smallest absolute Gasteiger partial charge is 0.343 e. The molecule has 1 aliphatic rings. The average molecular weight is 491 g/mol. The molecule has 7 nitrogen and oxygen atoms in total. The zero-order valence-electron chi connectivity index (χ0n) is 15.4. The van der Waals surface area contributed by atoms with E-state index in [0.717, 1.165) is 10.8 Å². The Bertz CT molecular complexity index is 1140. The molecule has 0 spiro atoms.